The highest BCUT2D eigenvalue weighted by atomic mass is 16.5. The molecule has 0 saturated carbocycles. The Kier molecular flexibility index (Phi) is 6.68. The van der Waals surface area contributed by atoms with E-state index in [4.69, 9.17) is 14.2 Å². The molecular formula is C18H25N3O5. The van der Waals surface area contributed by atoms with Gasteiger partial charge in [0, 0.05) is 37.8 Å². The summed E-state index contributed by atoms with van der Waals surface area (Å²) < 4.78 is 16.0. The molecule has 3 amide bonds. The number of hydrogen-bond donors (Lipinski definition) is 2. The summed E-state index contributed by atoms with van der Waals surface area (Å²) >= 11 is 0. The normalized spacial score (nSPS) is 19.8. The van der Waals surface area contributed by atoms with Crippen molar-refractivity contribution in [1.82, 2.24) is 10.2 Å². The van der Waals surface area contributed by atoms with Crippen LogP contribution in [0.1, 0.15) is 6.42 Å². The number of nitrogens with zero attached hydrogens (tertiary/aromatic N) is 1. The Bertz CT molecular complexity index is 595. The fraction of sp³-hybridized carbons (Fsp3) is 0.556. The van der Waals surface area contributed by atoms with Gasteiger partial charge in [0.25, 0.3) is 5.91 Å². The van der Waals surface area contributed by atoms with E-state index in [0.29, 0.717) is 56.8 Å². The van der Waals surface area contributed by atoms with Gasteiger partial charge in [-0.1, -0.05) is 0 Å². The van der Waals surface area contributed by atoms with E-state index < -0.39 is 0 Å². The lowest BCUT2D eigenvalue weighted by molar-refractivity contribution is -0.137. The summed E-state index contributed by atoms with van der Waals surface area (Å²) in [6, 6.07) is 6.70. The van der Waals surface area contributed by atoms with E-state index in [-0.39, 0.29) is 18.5 Å². The average molecular weight is 363 g/mol. The van der Waals surface area contributed by atoms with E-state index in [9.17, 15) is 9.59 Å². The smallest absolute Gasteiger partial charge is 0.319 e. The van der Waals surface area contributed by atoms with Gasteiger partial charge in [0.2, 0.25) is 0 Å². The van der Waals surface area contributed by atoms with E-state index in [1.807, 2.05) is 0 Å². The number of carbonyl (C=O) groups is 2. The van der Waals surface area contributed by atoms with Crippen LogP contribution in [0.5, 0.6) is 5.75 Å². The minimum atomic E-state index is -0.243. The van der Waals surface area contributed by atoms with Crippen LogP contribution in [0.3, 0.4) is 0 Å². The maximum Gasteiger partial charge on any atom is 0.319 e. The van der Waals surface area contributed by atoms with Crippen molar-refractivity contribution in [2.45, 2.75) is 6.42 Å². The zero-order chi connectivity index (χ0) is 18.2. The molecule has 0 aromatic heterocycles. The number of hydrogen-bond acceptors (Lipinski definition) is 5. The monoisotopic (exact) mass is 363 g/mol. The number of anilines is 1. The molecule has 2 fully saturated rings. The fourth-order valence-electron chi connectivity index (χ4n) is 2.84. The Morgan fingerprint density at radius 3 is 2.58 bits per heavy atom. The van der Waals surface area contributed by atoms with Gasteiger partial charge in [-0.05, 0) is 30.7 Å². The van der Waals surface area contributed by atoms with Crippen LogP contribution in [0.4, 0.5) is 10.5 Å². The highest BCUT2D eigenvalue weighted by Gasteiger charge is 2.17. The molecule has 0 radical (unpaired) electrons. The Hall–Kier alpha value is -2.32. The van der Waals surface area contributed by atoms with Crippen molar-refractivity contribution in [3.8, 4) is 5.75 Å². The molecule has 0 spiro atoms. The zero-order valence-electron chi connectivity index (χ0n) is 14.7. The zero-order valence-corrected chi connectivity index (χ0v) is 14.7. The quantitative estimate of drug-likeness (QED) is 0.790. The summed E-state index contributed by atoms with van der Waals surface area (Å²) in [5, 5.41) is 5.62. The second-order valence-electron chi connectivity index (χ2n) is 6.37. The number of ether oxygens (including phenoxy) is 3. The topological polar surface area (TPSA) is 89.1 Å². The van der Waals surface area contributed by atoms with Crippen molar-refractivity contribution in [3.63, 3.8) is 0 Å². The highest BCUT2D eigenvalue weighted by Crippen LogP contribution is 2.16. The summed E-state index contributed by atoms with van der Waals surface area (Å²) in [4.78, 5) is 25.7. The third-order valence-electron chi connectivity index (χ3n) is 4.41. The predicted octanol–water partition coefficient (Wildman–Crippen LogP) is 1.08. The minimum Gasteiger partial charge on any atom is -0.484 e. The van der Waals surface area contributed by atoms with Crippen molar-refractivity contribution >= 4 is 17.6 Å². The molecule has 2 saturated heterocycles. The second-order valence-corrected chi connectivity index (χ2v) is 6.37. The Morgan fingerprint density at radius 1 is 1.12 bits per heavy atom. The van der Waals surface area contributed by atoms with Crippen LogP contribution in [0.25, 0.3) is 0 Å². The molecule has 8 heteroatoms. The van der Waals surface area contributed by atoms with Crippen LogP contribution in [0.2, 0.25) is 0 Å². The fourth-order valence-corrected chi connectivity index (χ4v) is 2.84. The summed E-state index contributed by atoms with van der Waals surface area (Å²) in [6.07, 6.45) is 0.982. The van der Waals surface area contributed by atoms with Gasteiger partial charge in [0.05, 0.1) is 19.8 Å². The van der Waals surface area contributed by atoms with Crippen LogP contribution in [-0.2, 0) is 14.3 Å². The largest absolute Gasteiger partial charge is 0.484 e. The molecule has 8 nitrogen and oxygen atoms in total. The van der Waals surface area contributed by atoms with Crippen LogP contribution in [0, 0.1) is 5.92 Å². The van der Waals surface area contributed by atoms with Crippen LogP contribution >= 0.6 is 0 Å². The van der Waals surface area contributed by atoms with Crippen molar-refractivity contribution in [2.24, 2.45) is 5.92 Å². The number of nitrogens with one attached hydrogen (secondary N) is 2. The Balaban J connectivity index is 1.38. The molecule has 3 rings (SSSR count). The molecule has 1 atom stereocenters. The maximum absolute atomic E-state index is 12.0. The van der Waals surface area contributed by atoms with Gasteiger partial charge < -0.3 is 29.7 Å². The van der Waals surface area contributed by atoms with E-state index in [0.717, 1.165) is 13.0 Å². The van der Waals surface area contributed by atoms with E-state index in [1.165, 1.54) is 0 Å². The van der Waals surface area contributed by atoms with Crippen molar-refractivity contribution in [1.29, 1.82) is 0 Å². The van der Waals surface area contributed by atoms with Gasteiger partial charge in [0.1, 0.15) is 5.75 Å². The van der Waals surface area contributed by atoms with Gasteiger partial charge in [-0.25, -0.2) is 4.79 Å². The van der Waals surface area contributed by atoms with Crippen LogP contribution in [-0.4, -0.2) is 69.5 Å². The first-order chi connectivity index (χ1) is 12.7. The van der Waals surface area contributed by atoms with E-state index in [2.05, 4.69) is 10.6 Å². The summed E-state index contributed by atoms with van der Waals surface area (Å²) in [5.41, 5.74) is 0.664. The summed E-state index contributed by atoms with van der Waals surface area (Å²) in [5.74, 6) is 0.923. The molecule has 142 valence electrons. The third-order valence-corrected chi connectivity index (χ3v) is 4.41. The molecule has 2 aliphatic heterocycles. The highest BCUT2D eigenvalue weighted by molar-refractivity contribution is 5.89. The molecule has 0 bridgehead atoms. The lowest BCUT2D eigenvalue weighted by Crippen LogP contribution is -2.42. The maximum atomic E-state index is 12.0. The van der Waals surface area contributed by atoms with Gasteiger partial charge in [-0.15, -0.1) is 0 Å². The molecule has 2 heterocycles. The first-order valence-electron chi connectivity index (χ1n) is 8.92. The minimum absolute atomic E-state index is 0.00325. The van der Waals surface area contributed by atoms with Gasteiger partial charge in [0.15, 0.2) is 6.61 Å². The number of benzene rings is 1. The van der Waals surface area contributed by atoms with Crippen LogP contribution < -0.4 is 15.4 Å². The van der Waals surface area contributed by atoms with Crippen LogP contribution in [0.15, 0.2) is 24.3 Å². The Morgan fingerprint density at radius 2 is 1.88 bits per heavy atom. The second kappa shape index (κ2) is 9.40. The van der Waals surface area contributed by atoms with Gasteiger partial charge >= 0.3 is 6.03 Å². The Labute approximate surface area is 152 Å². The summed E-state index contributed by atoms with van der Waals surface area (Å²) in [6.45, 7) is 4.43. The molecule has 1 unspecified atom stereocenters. The molecule has 1 aromatic rings. The number of carbonyl (C=O) groups excluding carboxylic acids is 2. The average Bonchev–Trinajstić information content (AvgIpc) is 3.20. The number of urea groups is 1. The number of rotatable bonds is 6. The van der Waals surface area contributed by atoms with Gasteiger partial charge in [-0.2, -0.15) is 0 Å². The molecule has 2 aliphatic rings. The first kappa shape index (κ1) is 18.5. The third kappa shape index (κ3) is 5.60. The number of amides is 3. The molecule has 2 N–H and O–H groups in total. The molecule has 1 aromatic carbocycles. The van der Waals surface area contributed by atoms with Crippen molar-refractivity contribution < 1.29 is 23.8 Å². The standard InChI is InChI=1S/C18H25N3O5/c22-17(21-6-9-24-10-7-21)13-26-16-3-1-15(2-4-16)20-18(23)19-11-14-5-8-25-12-14/h1-4,14H,5-13H2,(H2,19,20,23). The molecular weight excluding hydrogens is 338 g/mol. The predicted molar refractivity (Wildman–Crippen MR) is 95.3 cm³/mol. The molecule has 0 aliphatic carbocycles. The van der Waals surface area contributed by atoms with E-state index in [1.54, 1.807) is 29.2 Å². The SMILES string of the molecule is O=C(NCC1CCOC1)Nc1ccc(OCC(=O)N2CCOCC2)cc1. The lowest BCUT2D eigenvalue weighted by Gasteiger charge is -2.26. The number of morpholine rings is 1. The van der Waals surface area contributed by atoms with Crippen molar-refractivity contribution in [3.05, 3.63) is 24.3 Å². The summed E-state index contributed by atoms with van der Waals surface area (Å²) in [7, 11) is 0. The first-order valence-corrected chi connectivity index (χ1v) is 8.92. The lowest BCUT2D eigenvalue weighted by atomic mass is 10.1. The van der Waals surface area contributed by atoms with E-state index >= 15 is 0 Å². The van der Waals surface area contributed by atoms with Crippen molar-refractivity contribution in [2.75, 3.05) is 58.0 Å². The van der Waals surface area contributed by atoms with Gasteiger partial charge in [-0.3, -0.25) is 4.79 Å². The molecule has 26 heavy (non-hydrogen) atoms.